The molecule has 0 saturated carbocycles. The SMILES string of the molecule is CN[C@@H](CCCNC(N)N)C(=O)C(=O)CN. The van der Waals surface area contributed by atoms with Crippen LogP contribution in [-0.2, 0) is 9.59 Å². The van der Waals surface area contributed by atoms with Crippen molar-refractivity contribution in [2.24, 2.45) is 17.2 Å². The average Bonchev–Trinajstić information content (AvgIpc) is 2.27. The molecular weight excluding hydrogens is 210 g/mol. The number of nitrogens with one attached hydrogen (secondary N) is 2. The van der Waals surface area contributed by atoms with Crippen molar-refractivity contribution in [3.8, 4) is 0 Å². The third-order valence-electron chi connectivity index (χ3n) is 2.17. The maximum atomic E-state index is 11.5. The van der Waals surface area contributed by atoms with E-state index >= 15 is 0 Å². The van der Waals surface area contributed by atoms with Gasteiger partial charge in [-0.1, -0.05) is 0 Å². The quantitative estimate of drug-likeness (QED) is 0.165. The monoisotopic (exact) mass is 231 g/mol. The zero-order chi connectivity index (χ0) is 12.6. The van der Waals surface area contributed by atoms with E-state index in [0.29, 0.717) is 19.4 Å². The number of Topliss-reactive ketones (excluding diaryl/α,β-unsaturated/α-hetero) is 2. The van der Waals surface area contributed by atoms with Crippen molar-refractivity contribution in [2.75, 3.05) is 20.1 Å². The highest BCUT2D eigenvalue weighted by atomic mass is 16.2. The number of hydrogen-bond donors (Lipinski definition) is 5. The van der Waals surface area contributed by atoms with Gasteiger partial charge in [0.05, 0.1) is 12.6 Å². The Morgan fingerprint density at radius 3 is 2.38 bits per heavy atom. The summed E-state index contributed by atoms with van der Waals surface area (Å²) >= 11 is 0. The standard InChI is InChI=1S/C9H21N5O2/c1-13-6(8(16)7(15)5-10)3-2-4-14-9(11)12/h6,9,13-14H,2-5,10-12H2,1H3/t6-/m0/s1. The second-order valence-electron chi connectivity index (χ2n) is 3.45. The fourth-order valence-electron chi connectivity index (χ4n) is 1.28. The van der Waals surface area contributed by atoms with Gasteiger partial charge in [0.2, 0.25) is 11.6 Å². The molecule has 0 rings (SSSR count). The first-order chi connectivity index (χ1) is 7.52. The molecule has 0 aliphatic carbocycles. The van der Waals surface area contributed by atoms with Crippen LogP contribution in [0.15, 0.2) is 0 Å². The van der Waals surface area contributed by atoms with Gasteiger partial charge in [0.1, 0.15) is 6.29 Å². The molecule has 0 amide bonds. The summed E-state index contributed by atoms with van der Waals surface area (Å²) in [5.41, 5.74) is 15.7. The van der Waals surface area contributed by atoms with Gasteiger partial charge in [-0.15, -0.1) is 0 Å². The van der Waals surface area contributed by atoms with Crippen LogP contribution in [0.25, 0.3) is 0 Å². The molecule has 0 aliphatic heterocycles. The molecule has 0 heterocycles. The van der Waals surface area contributed by atoms with E-state index in [2.05, 4.69) is 10.6 Å². The Labute approximate surface area is 95.1 Å². The maximum Gasteiger partial charge on any atom is 0.216 e. The first-order valence-corrected chi connectivity index (χ1v) is 5.21. The van der Waals surface area contributed by atoms with Crippen LogP contribution in [0.2, 0.25) is 0 Å². The summed E-state index contributed by atoms with van der Waals surface area (Å²) in [6.45, 7) is 0.350. The van der Waals surface area contributed by atoms with Crippen LogP contribution >= 0.6 is 0 Å². The van der Waals surface area contributed by atoms with E-state index in [1.165, 1.54) is 0 Å². The Morgan fingerprint density at radius 2 is 1.94 bits per heavy atom. The van der Waals surface area contributed by atoms with Gasteiger partial charge >= 0.3 is 0 Å². The largest absolute Gasteiger partial charge is 0.324 e. The number of nitrogens with two attached hydrogens (primary N) is 3. The molecule has 0 aromatic rings. The van der Waals surface area contributed by atoms with Gasteiger partial charge in [0.15, 0.2) is 0 Å². The van der Waals surface area contributed by atoms with Gasteiger partial charge in [-0.2, -0.15) is 0 Å². The van der Waals surface area contributed by atoms with Gasteiger partial charge in [0.25, 0.3) is 0 Å². The second-order valence-corrected chi connectivity index (χ2v) is 3.45. The molecule has 0 unspecified atom stereocenters. The Balaban J connectivity index is 3.92. The highest BCUT2D eigenvalue weighted by molar-refractivity contribution is 6.39. The molecule has 16 heavy (non-hydrogen) atoms. The van der Waals surface area contributed by atoms with Gasteiger partial charge in [-0.05, 0) is 26.4 Å². The second kappa shape index (κ2) is 8.31. The molecule has 7 nitrogen and oxygen atoms in total. The zero-order valence-corrected chi connectivity index (χ0v) is 9.53. The average molecular weight is 231 g/mol. The van der Waals surface area contributed by atoms with Crippen molar-refractivity contribution in [2.45, 2.75) is 25.2 Å². The van der Waals surface area contributed by atoms with E-state index < -0.39 is 23.9 Å². The summed E-state index contributed by atoms with van der Waals surface area (Å²) in [5, 5.41) is 5.60. The topological polar surface area (TPSA) is 136 Å². The van der Waals surface area contributed by atoms with Crippen LogP contribution in [-0.4, -0.2) is 44.0 Å². The highest BCUT2D eigenvalue weighted by Crippen LogP contribution is 1.98. The normalized spacial score (nSPS) is 12.8. The van der Waals surface area contributed by atoms with Gasteiger partial charge in [0, 0.05) is 0 Å². The molecule has 0 aromatic heterocycles. The van der Waals surface area contributed by atoms with Gasteiger partial charge in [-0.25, -0.2) is 0 Å². The predicted molar refractivity (Wildman–Crippen MR) is 61.3 cm³/mol. The van der Waals surface area contributed by atoms with Crippen LogP contribution < -0.4 is 27.8 Å². The summed E-state index contributed by atoms with van der Waals surface area (Å²) in [7, 11) is 1.63. The lowest BCUT2D eigenvalue weighted by atomic mass is 10.0. The molecule has 0 bridgehead atoms. The van der Waals surface area contributed by atoms with Crippen molar-refractivity contribution < 1.29 is 9.59 Å². The Hall–Kier alpha value is -0.860. The molecule has 0 radical (unpaired) electrons. The van der Waals surface area contributed by atoms with E-state index in [1.54, 1.807) is 7.05 Å². The van der Waals surface area contributed by atoms with Crippen LogP contribution in [0.4, 0.5) is 0 Å². The molecule has 8 N–H and O–H groups in total. The van der Waals surface area contributed by atoms with Crippen molar-refractivity contribution in [3.63, 3.8) is 0 Å². The molecular formula is C9H21N5O2. The van der Waals surface area contributed by atoms with Crippen molar-refractivity contribution >= 4 is 11.6 Å². The molecule has 0 aromatic carbocycles. The molecule has 1 atom stereocenters. The molecule has 94 valence electrons. The minimum atomic E-state index is -0.561. The maximum absolute atomic E-state index is 11.5. The predicted octanol–water partition coefficient (Wildman–Crippen LogP) is -2.76. The van der Waals surface area contributed by atoms with Crippen molar-refractivity contribution in [1.29, 1.82) is 0 Å². The van der Waals surface area contributed by atoms with Crippen LogP contribution in [0.5, 0.6) is 0 Å². The number of rotatable bonds is 9. The Bertz CT molecular complexity index is 232. The zero-order valence-electron chi connectivity index (χ0n) is 9.53. The van der Waals surface area contributed by atoms with Gasteiger partial charge in [-0.3, -0.25) is 14.9 Å². The number of ketones is 2. The summed E-state index contributed by atoms with van der Waals surface area (Å²) in [6.07, 6.45) is 0.676. The molecule has 0 aliphatic rings. The lowest BCUT2D eigenvalue weighted by Gasteiger charge is -2.14. The summed E-state index contributed by atoms with van der Waals surface area (Å²) in [4.78, 5) is 22.6. The molecule has 7 heteroatoms. The molecule has 0 spiro atoms. The van der Waals surface area contributed by atoms with E-state index in [0.717, 1.165) is 0 Å². The lowest BCUT2D eigenvalue weighted by Crippen LogP contribution is -2.46. The fraction of sp³-hybridized carbons (Fsp3) is 0.778. The first kappa shape index (κ1) is 15.1. The number of hydrogen-bond acceptors (Lipinski definition) is 7. The number of carbonyl (C=O) groups excluding carboxylic acids is 2. The van der Waals surface area contributed by atoms with Crippen LogP contribution in [0.3, 0.4) is 0 Å². The minimum Gasteiger partial charge on any atom is -0.324 e. The minimum absolute atomic E-state index is 0.247. The Kier molecular flexibility index (Phi) is 7.86. The number of likely N-dealkylation sites (N-methyl/N-ethyl adjacent to an activating group) is 1. The molecule has 0 saturated heterocycles. The van der Waals surface area contributed by atoms with Crippen LogP contribution in [0.1, 0.15) is 12.8 Å². The summed E-state index contributed by atoms with van der Waals surface area (Å²) < 4.78 is 0. The lowest BCUT2D eigenvalue weighted by molar-refractivity contribution is -0.137. The fourth-order valence-corrected chi connectivity index (χ4v) is 1.28. The van der Waals surface area contributed by atoms with E-state index in [9.17, 15) is 9.59 Å². The van der Waals surface area contributed by atoms with E-state index in [4.69, 9.17) is 17.2 Å². The third-order valence-corrected chi connectivity index (χ3v) is 2.17. The van der Waals surface area contributed by atoms with E-state index in [1.807, 2.05) is 0 Å². The number of carbonyl (C=O) groups is 2. The summed E-state index contributed by atoms with van der Waals surface area (Å²) in [5.74, 6) is -1.02. The van der Waals surface area contributed by atoms with Crippen molar-refractivity contribution in [3.05, 3.63) is 0 Å². The van der Waals surface area contributed by atoms with Gasteiger partial charge < -0.3 is 22.5 Å². The first-order valence-electron chi connectivity index (χ1n) is 5.21. The van der Waals surface area contributed by atoms with Crippen LogP contribution in [0, 0.1) is 0 Å². The third kappa shape index (κ3) is 5.89. The smallest absolute Gasteiger partial charge is 0.216 e. The van der Waals surface area contributed by atoms with E-state index in [-0.39, 0.29) is 6.54 Å². The Morgan fingerprint density at radius 1 is 1.31 bits per heavy atom. The summed E-state index contributed by atoms with van der Waals surface area (Å²) in [6, 6.07) is -0.480. The highest BCUT2D eigenvalue weighted by Gasteiger charge is 2.21. The van der Waals surface area contributed by atoms with Crippen molar-refractivity contribution in [1.82, 2.24) is 10.6 Å². The molecule has 0 fully saturated rings.